The van der Waals surface area contributed by atoms with Crippen molar-refractivity contribution in [2.45, 2.75) is 65.1 Å². The van der Waals surface area contributed by atoms with Crippen molar-refractivity contribution in [3.8, 4) is 0 Å². The zero-order chi connectivity index (χ0) is 15.2. The fraction of sp³-hybridized carbons (Fsp3) is 0.800. The molecule has 0 aromatic rings. The van der Waals surface area contributed by atoms with Crippen LogP contribution in [0.15, 0.2) is 11.5 Å². The van der Waals surface area contributed by atoms with Gasteiger partial charge in [-0.15, -0.1) is 0 Å². The topological polar surface area (TPSA) is 35.5 Å². The van der Waals surface area contributed by atoms with Gasteiger partial charge >= 0.3 is 7.12 Å². The Labute approximate surface area is 121 Å². The molecule has 0 spiro atoms. The van der Waals surface area contributed by atoms with E-state index in [1.807, 2.05) is 33.8 Å². The first-order chi connectivity index (χ1) is 9.13. The number of rotatable bonds is 3. The number of halogens is 1. The number of Topliss-reactive ketones (excluding diaryl/α,β-unsaturated/α-hetero) is 1. The first-order valence-corrected chi connectivity index (χ1v) is 7.25. The van der Waals surface area contributed by atoms with Crippen molar-refractivity contribution in [1.29, 1.82) is 0 Å². The Hall–Kier alpha value is -0.675. The lowest BCUT2D eigenvalue weighted by atomic mass is 9.65. The van der Waals surface area contributed by atoms with E-state index in [4.69, 9.17) is 9.31 Å². The summed E-state index contributed by atoms with van der Waals surface area (Å²) in [6, 6.07) is 0. The van der Waals surface area contributed by atoms with Crippen molar-refractivity contribution in [3.63, 3.8) is 0 Å². The highest BCUT2D eigenvalue weighted by atomic mass is 19.1. The van der Waals surface area contributed by atoms with E-state index < -0.39 is 12.1 Å². The zero-order valence-corrected chi connectivity index (χ0v) is 13.1. The van der Waals surface area contributed by atoms with Gasteiger partial charge < -0.3 is 9.31 Å². The van der Waals surface area contributed by atoms with Gasteiger partial charge in [-0.1, -0.05) is 6.08 Å². The van der Waals surface area contributed by atoms with Crippen LogP contribution in [0.5, 0.6) is 0 Å². The molecule has 0 bridgehead atoms. The quantitative estimate of drug-likeness (QED) is 0.745. The SMILES string of the molecule is CC(=O)[C@]1(CF)CC=C(B2OC(C)(C)C(C)(C)O2)CC1. The van der Waals surface area contributed by atoms with Crippen molar-refractivity contribution >= 4 is 12.9 Å². The third-order valence-corrected chi connectivity index (χ3v) is 5.21. The normalized spacial score (nSPS) is 32.1. The largest absolute Gasteiger partial charge is 0.490 e. The lowest BCUT2D eigenvalue weighted by molar-refractivity contribution is -0.128. The van der Waals surface area contributed by atoms with Gasteiger partial charge in [-0.2, -0.15) is 0 Å². The Morgan fingerprint density at radius 2 is 1.85 bits per heavy atom. The van der Waals surface area contributed by atoms with Crippen molar-refractivity contribution in [2.24, 2.45) is 5.41 Å². The number of hydrogen-bond acceptors (Lipinski definition) is 3. The van der Waals surface area contributed by atoms with Crippen LogP contribution >= 0.6 is 0 Å². The Balaban J connectivity index is 2.13. The molecule has 3 nitrogen and oxygen atoms in total. The van der Waals surface area contributed by atoms with Crippen LogP contribution in [0.3, 0.4) is 0 Å². The highest BCUT2D eigenvalue weighted by Crippen LogP contribution is 2.43. The van der Waals surface area contributed by atoms with Gasteiger partial charge in [0.05, 0.1) is 16.6 Å². The van der Waals surface area contributed by atoms with E-state index >= 15 is 0 Å². The van der Waals surface area contributed by atoms with Gasteiger partial charge in [-0.3, -0.25) is 4.79 Å². The van der Waals surface area contributed by atoms with E-state index in [1.54, 1.807) is 0 Å². The van der Waals surface area contributed by atoms with Gasteiger partial charge in [0.25, 0.3) is 0 Å². The van der Waals surface area contributed by atoms with Gasteiger partial charge in [0.2, 0.25) is 0 Å². The van der Waals surface area contributed by atoms with Crippen molar-refractivity contribution in [1.82, 2.24) is 0 Å². The maximum atomic E-state index is 13.2. The number of hydrogen-bond donors (Lipinski definition) is 0. The monoisotopic (exact) mass is 282 g/mol. The summed E-state index contributed by atoms with van der Waals surface area (Å²) in [6.45, 7) is 8.94. The molecule has 1 atom stereocenters. The second-order valence-electron chi connectivity index (χ2n) is 7.04. The highest BCUT2D eigenvalue weighted by Gasteiger charge is 2.53. The standard InChI is InChI=1S/C15H24BFO3/c1-11(18)15(10-17)8-6-12(7-9-15)16-19-13(2,3)14(4,5)20-16/h6H,7-10H2,1-5H3/t15-/m1/s1. The molecule has 0 aromatic carbocycles. The van der Waals surface area contributed by atoms with Gasteiger partial charge in [0.15, 0.2) is 0 Å². The third-order valence-electron chi connectivity index (χ3n) is 5.21. The van der Waals surface area contributed by atoms with Crippen LogP contribution in [0, 0.1) is 5.41 Å². The van der Waals surface area contributed by atoms with E-state index in [0.29, 0.717) is 19.3 Å². The fourth-order valence-electron chi connectivity index (χ4n) is 2.66. The summed E-state index contributed by atoms with van der Waals surface area (Å²) in [6.07, 6.45) is 3.57. The first kappa shape index (κ1) is 15.7. The molecule has 112 valence electrons. The van der Waals surface area contributed by atoms with E-state index in [9.17, 15) is 9.18 Å². The minimum atomic E-state index is -0.826. The summed E-state index contributed by atoms with van der Waals surface area (Å²) in [5, 5.41) is 0. The molecule has 1 heterocycles. The Kier molecular flexibility index (Phi) is 3.89. The second kappa shape index (κ2) is 4.95. The molecule has 2 rings (SSSR count). The molecule has 1 saturated heterocycles. The number of carbonyl (C=O) groups is 1. The predicted molar refractivity (Wildman–Crippen MR) is 77.1 cm³/mol. The summed E-state index contributed by atoms with van der Waals surface area (Å²) in [7, 11) is -0.371. The zero-order valence-electron chi connectivity index (χ0n) is 13.1. The first-order valence-electron chi connectivity index (χ1n) is 7.25. The van der Waals surface area contributed by atoms with E-state index in [0.717, 1.165) is 5.47 Å². The molecule has 1 aliphatic heterocycles. The lowest BCUT2D eigenvalue weighted by Gasteiger charge is -2.32. The molecule has 0 saturated carbocycles. The van der Waals surface area contributed by atoms with E-state index in [2.05, 4.69) is 0 Å². The summed E-state index contributed by atoms with van der Waals surface area (Å²) >= 11 is 0. The molecule has 5 heteroatoms. The van der Waals surface area contributed by atoms with Gasteiger partial charge in [-0.25, -0.2) is 4.39 Å². The number of ketones is 1. The van der Waals surface area contributed by atoms with Crippen LogP contribution in [0.25, 0.3) is 0 Å². The highest BCUT2D eigenvalue weighted by molar-refractivity contribution is 6.54. The van der Waals surface area contributed by atoms with Crippen LogP contribution in [-0.4, -0.2) is 30.8 Å². The molecular weight excluding hydrogens is 258 g/mol. The number of allylic oxidation sites excluding steroid dienone is 2. The Bertz CT molecular complexity index is 428. The smallest absolute Gasteiger partial charge is 0.400 e. The van der Waals surface area contributed by atoms with Gasteiger partial charge in [-0.05, 0) is 59.4 Å². The van der Waals surface area contributed by atoms with Crippen LogP contribution < -0.4 is 0 Å². The molecule has 20 heavy (non-hydrogen) atoms. The van der Waals surface area contributed by atoms with Crippen LogP contribution in [0.1, 0.15) is 53.9 Å². The average Bonchev–Trinajstić information content (AvgIpc) is 2.58. The Morgan fingerprint density at radius 1 is 1.30 bits per heavy atom. The average molecular weight is 282 g/mol. The van der Waals surface area contributed by atoms with Crippen molar-refractivity contribution < 1.29 is 18.5 Å². The summed E-state index contributed by atoms with van der Waals surface area (Å²) in [5.41, 5.74) is -0.525. The second-order valence-corrected chi connectivity index (χ2v) is 7.04. The van der Waals surface area contributed by atoms with Crippen LogP contribution in [-0.2, 0) is 14.1 Å². The molecule has 0 N–H and O–H groups in total. The third kappa shape index (κ3) is 2.46. The summed E-state index contributed by atoms with van der Waals surface area (Å²) in [5.74, 6) is -0.0655. The van der Waals surface area contributed by atoms with Gasteiger partial charge in [0, 0.05) is 0 Å². The molecule has 2 aliphatic rings. The molecule has 0 unspecified atom stereocenters. The minimum Gasteiger partial charge on any atom is -0.400 e. The minimum absolute atomic E-state index is 0.0655. The molecule has 0 aromatic heterocycles. The molecule has 1 fully saturated rings. The molecule has 1 aliphatic carbocycles. The Morgan fingerprint density at radius 3 is 2.20 bits per heavy atom. The lowest BCUT2D eigenvalue weighted by Crippen LogP contribution is -2.41. The maximum Gasteiger partial charge on any atom is 0.490 e. The van der Waals surface area contributed by atoms with E-state index in [1.165, 1.54) is 6.92 Å². The summed E-state index contributed by atoms with van der Waals surface area (Å²) < 4.78 is 25.2. The van der Waals surface area contributed by atoms with E-state index in [-0.39, 0.29) is 24.1 Å². The molecular formula is C15H24BFO3. The number of carbonyl (C=O) groups excluding carboxylic acids is 1. The van der Waals surface area contributed by atoms with Crippen molar-refractivity contribution in [3.05, 3.63) is 11.5 Å². The predicted octanol–water partition coefficient (Wildman–Crippen LogP) is 3.27. The molecule has 0 radical (unpaired) electrons. The van der Waals surface area contributed by atoms with Crippen LogP contribution in [0.4, 0.5) is 4.39 Å². The summed E-state index contributed by atoms with van der Waals surface area (Å²) in [4.78, 5) is 11.7. The van der Waals surface area contributed by atoms with Crippen LogP contribution in [0.2, 0.25) is 0 Å². The molecule has 0 amide bonds. The number of alkyl halides is 1. The van der Waals surface area contributed by atoms with Gasteiger partial charge in [0.1, 0.15) is 12.5 Å². The van der Waals surface area contributed by atoms with Crippen molar-refractivity contribution in [2.75, 3.05) is 6.67 Å². The maximum absolute atomic E-state index is 13.2. The fourth-order valence-corrected chi connectivity index (χ4v) is 2.66.